The molecule has 0 aliphatic heterocycles. The van der Waals surface area contributed by atoms with Crippen molar-refractivity contribution < 1.29 is 4.79 Å². The normalized spacial score (nSPS) is 11.2. The summed E-state index contributed by atoms with van der Waals surface area (Å²) < 4.78 is 1.99. The summed E-state index contributed by atoms with van der Waals surface area (Å²) in [5.41, 5.74) is 4.17. The van der Waals surface area contributed by atoms with Crippen molar-refractivity contribution in [1.82, 2.24) is 29.8 Å². The van der Waals surface area contributed by atoms with Crippen LogP contribution in [0.15, 0.2) is 59.5 Å². The lowest BCUT2D eigenvalue weighted by Crippen LogP contribution is -2.19. The molecule has 2 N–H and O–H groups in total. The minimum absolute atomic E-state index is 0.159. The van der Waals surface area contributed by atoms with Gasteiger partial charge in [0.15, 0.2) is 5.69 Å². The highest BCUT2D eigenvalue weighted by Crippen LogP contribution is 2.23. The number of hydrogen-bond acceptors (Lipinski definition) is 6. The van der Waals surface area contributed by atoms with Gasteiger partial charge in [-0.05, 0) is 31.0 Å². The Kier molecular flexibility index (Phi) is 5.14. The van der Waals surface area contributed by atoms with Crippen LogP contribution in [0.2, 0.25) is 0 Å². The van der Waals surface area contributed by atoms with E-state index in [1.54, 1.807) is 36.4 Å². The predicted molar refractivity (Wildman–Crippen MR) is 125 cm³/mol. The van der Waals surface area contributed by atoms with E-state index in [4.69, 9.17) is 0 Å². The Bertz CT molecular complexity index is 1550. The van der Waals surface area contributed by atoms with Crippen LogP contribution in [0.4, 0.5) is 5.69 Å². The maximum atomic E-state index is 12.8. The van der Waals surface area contributed by atoms with Gasteiger partial charge < -0.3 is 5.32 Å². The summed E-state index contributed by atoms with van der Waals surface area (Å²) in [6.07, 6.45) is 3.61. The van der Waals surface area contributed by atoms with E-state index in [2.05, 4.69) is 44.5 Å². The summed E-state index contributed by atoms with van der Waals surface area (Å²) in [7, 11) is 0. The van der Waals surface area contributed by atoms with E-state index in [0.717, 1.165) is 35.5 Å². The molecule has 1 amide bonds. The molecule has 5 rings (SSSR count). The van der Waals surface area contributed by atoms with Crippen LogP contribution >= 0.6 is 0 Å². The topological polar surface area (TPSA) is 118 Å². The van der Waals surface area contributed by atoms with Crippen LogP contribution < -0.4 is 10.9 Å². The summed E-state index contributed by atoms with van der Waals surface area (Å²) >= 11 is 0. The molecule has 0 saturated heterocycles. The number of amides is 1. The molecule has 0 aliphatic rings. The Hall–Kier alpha value is -4.40. The highest BCUT2D eigenvalue weighted by atomic mass is 16.2. The fourth-order valence-corrected chi connectivity index (χ4v) is 3.93. The number of nitrogens with one attached hydrogen (secondary N) is 2. The second kappa shape index (κ2) is 8.27. The molecular formula is C24H21N7O2. The Morgan fingerprint density at radius 2 is 1.76 bits per heavy atom. The smallest absolute Gasteiger partial charge is 0.276 e. The number of carbonyl (C=O) groups excluding carboxylic acids is 1. The van der Waals surface area contributed by atoms with Crippen molar-refractivity contribution in [2.45, 2.75) is 26.7 Å². The molecule has 9 nitrogen and oxygen atoms in total. The zero-order valence-electron chi connectivity index (χ0n) is 18.2. The number of aryl methyl sites for hydroxylation is 2. The molecule has 0 radical (unpaired) electrons. The van der Waals surface area contributed by atoms with Gasteiger partial charge in [-0.25, -0.2) is 10.1 Å². The van der Waals surface area contributed by atoms with Gasteiger partial charge >= 0.3 is 0 Å². The van der Waals surface area contributed by atoms with Crippen molar-refractivity contribution in [3.05, 3.63) is 82.2 Å². The van der Waals surface area contributed by atoms with Crippen LogP contribution in [-0.2, 0) is 12.8 Å². The van der Waals surface area contributed by atoms with Crippen molar-refractivity contribution >= 4 is 28.1 Å². The molecule has 9 heteroatoms. The molecule has 2 aromatic carbocycles. The largest absolute Gasteiger partial charge is 0.321 e. The van der Waals surface area contributed by atoms with Crippen molar-refractivity contribution in [3.63, 3.8) is 0 Å². The minimum Gasteiger partial charge on any atom is -0.321 e. The van der Waals surface area contributed by atoms with Crippen LogP contribution in [0.25, 0.3) is 27.8 Å². The third-order valence-electron chi connectivity index (χ3n) is 5.59. The highest BCUT2D eigenvalue weighted by molar-refractivity contribution is 6.11. The third kappa shape index (κ3) is 3.63. The summed E-state index contributed by atoms with van der Waals surface area (Å²) in [5.74, 6) is 0.158. The molecule has 3 heterocycles. The molecule has 3 aromatic heterocycles. The maximum absolute atomic E-state index is 12.8. The molecule has 0 unspecified atom stereocenters. The fourth-order valence-electron chi connectivity index (χ4n) is 3.93. The molecule has 0 spiro atoms. The SMILES string of the molecule is CCc1nnc2nc(-c3ccc(NC(=O)c4n[nH]c(=O)c5ccccc45)cc3)cn2c1CC. The zero-order valence-corrected chi connectivity index (χ0v) is 18.2. The summed E-state index contributed by atoms with van der Waals surface area (Å²) in [6, 6.07) is 14.2. The van der Waals surface area contributed by atoms with Gasteiger partial charge in [0.25, 0.3) is 17.2 Å². The monoisotopic (exact) mass is 439 g/mol. The average Bonchev–Trinajstić information content (AvgIpc) is 3.28. The van der Waals surface area contributed by atoms with Crippen LogP contribution in [0.5, 0.6) is 0 Å². The van der Waals surface area contributed by atoms with E-state index in [1.807, 2.05) is 22.7 Å². The minimum atomic E-state index is -0.405. The molecule has 0 atom stereocenters. The number of carbonyl (C=O) groups is 1. The molecule has 33 heavy (non-hydrogen) atoms. The van der Waals surface area contributed by atoms with Crippen LogP contribution in [0, 0.1) is 0 Å². The van der Waals surface area contributed by atoms with E-state index in [0.29, 0.717) is 22.2 Å². The number of imidazole rings is 1. The number of nitrogens with zero attached hydrogens (tertiary/aromatic N) is 5. The summed E-state index contributed by atoms with van der Waals surface area (Å²) in [5, 5.41) is 18.6. The number of aromatic amines is 1. The van der Waals surface area contributed by atoms with Gasteiger partial charge in [0.05, 0.1) is 16.8 Å². The van der Waals surface area contributed by atoms with E-state index in [-0.39, 0.29) is 11.3 Å². The lowest BCUT2D eigenvalue weighted by atomic mass is 10.1. The van der Waals surface area contributed by atoms with Gasteiger partial charge in [0.1, 0.15) is 0 Å². The van der Waals surface area contributed by atoms with Gasteiger partial charge in [-0.1, -0.05) is 44.2 Å². The van der Waals surface area contributed by atoms with Gasteiger partial charge in [-0.2, -0.15) is 10.2 Å². The first-order valence-electron chi connectivity index (χ1n) is 10.7. The maximum Gasteiger partial charge on any atom is 0.276 e. The number of fused-ring (bicyclic) bond motifs is 2. The molecular weight excluding hydrogens is 418 g/mol. The second-order valence-corrected chi connectivity index (χ2v) is 7.58. The number of hydrogen-bond donors (Lipinski definition) is 2. The first-order chi connectivity index (χ1) is 16.1. The first kappa shape index (κ1) is 20.5. The quantitative estimate of drug-likeness (QED) is 0.433. The van der Waals surface area contributed by atoms with Gasteiger partial charge in [-0.3, -0.25) is 14.0 Å². The lowest BCUT2D eigenvalue weighted by molar-refractivity contribution is 0.102. The van der Waals surface area contributed by atoms with Gasteiger partial charge in [0.2, 0.25) is 0 Å². The molecule has 0 saturated carbocycles. The predicted octanol–water partition coefficient (Wildman–Crippen LogP) is 3.40. The lowest BCUT2D eigenvalue weighted by Gasteiger charge is -2.07. The van der Waals surface area contributed by atoms with E-state index < -0.39 is 5.91 Å². The highest BCUT2D eigenvalue weighted by Gasteiger charge is 2.15. The van der Waals surface area contributed by atoms with E-state index >= 15 is 0 Å². The standard InChI is InChI=1S/C24H21N7O2/c1-3-18-20(4-2)31-13-19(26-24(31)30-27-18)14-9-11-15(12-10-14)25-23(33)21-16-7-5-6-8-17(16)22(32)29-28-21/h5-13H,3-4H2,1-2H3,(H,25,33)(H,29,32). The molecule has 164 valence electrons. The molecule has 0 aliphatic carbocycles. The van der Waals surface area contributed by atoms with E-state index in [9.17, 15) is 9.59 Å². The Labute approximate surface area is 188 Å². The Balaban J connectivity index is 1.42. The number of rotatable bonds is 5. The van der Waals surface area contributed by atoms with Crippen molar-refractivity contribution in [3.8, 4) is 11.3 Å². The van der Waals surface area contributed by atoms with Crippen molar-refractivity contribution in [1.29, 1.82) is 0 Å². The molecule has 5 aromatic rings. The fraction of sp³-hybridized carbons (Fsp3) is 0.167. The Morgan fingerprint density at radius 3 is 2.48 bits per heavy atom. The van der Waals surface area contributed by atoms with Crippen LogP contribution in [0.1, 0.15) is 35.7 Å². The number of anilines is 1. The number of benzene rings is 2. The first-order valence-corrected chi connectivity index (χ1v) is 10.7. The van der Waals surface area contributed by atoms with Gasteiger partial charge in [-0.15, -0.1) is 5.10 Å². The van der Waals surface area contributed by atoms with Crippen LogP contribution in [0.3, 0.4) is 0 Å². The third-order valence-corrected chi connectivity index (χ3v) is 5.59. The second-order valence-electron chi connectivity index (χ2n) is 7.58. The van der Waals surface area contributed by atoms with Crippen molar-refractivity contribution in [2.75, 3.05) is 5.32 Å². The Morgan fingerprint density at radius 1 is 1.00 bits per heavy atom. The summed E-state index contributed by atoms with van der Waals surface area (Å²) in [6.45, 7) is 4.15. The summed E-state index contributed by atoms with van der Waals surface area (Å²) in [4.78, 5) is 29.4. The molecule has 0 bridgehead atoms. The number of aromatic nitrogens is 6. The number of H-pyrrole nitrogens is 1. The van der Waals surface area contributed by atoms with E-state index in [1.165, 1.54) is 0 Å². The van der Waals surface area contributed by atoms with Crippen molar-refractivity contribution in [2.24, 2.45) is 0 Å². The average molecular weight is 439 g/mol. The van der Waals surface area contributed by atoms with Crippen LogP contribution in [-0.4, -0.2) is 35.7 Å². The zero-order chi connectivity index (χ0) is 22.9. The molecule has 0 fully saturated rings. The van der Waals surface area contributed by atoms with Gasteiger partial charge in [0, 0.05) is 28.5 Å².